The summed E-state index contributed by atoms with van der Waals surface area (Å²) in [5, 5.41) is 5.90. The number of rotatable bonds is 3. The number of hydrogen-bond acceptors (Lipinski definition) is 3. The van der Waals surface area contributed by atoms with E-state index in [1.165, 1.54) is 12.8 Å². The predicted octanol–water partition coefficient (Wildman–Crippen LogP) is 1.28. The van der Waals surface area contributed by atoms with Crippen molar-refractivity contribution in [1.82, 2.24) is 10.6 Å². The molecule has 0 aromatic heterocycles. The summed E-state index contributed by atoms with van der Waals surface area (Å²) in [6.07, 6.45) is 4.69. The van der Waals surface area contributed by atoms with Gasteiger partial charge in [-0.05, 0) is 18.8 Å². The average Bonchev–Trinajstić information content (AvgIpc) is 2.38. The van der Waals surface area contributed by atoms with Crippen LogP contribution in [0.25, 0.3) is 0 Å². The van der Waals surface area contributed by atoms with Gasteiger partial charge in [0, 0.05) is 12.6 Å². The topological polar surface area (TPSA) is 59.6 Å². The standard InChI is InChI=1S/C13H24N2O3/c1-10-3-2-4-11(7-10)15-13(16)14-8-12-9-17-5-6-18-12/h10-12H,2-9H2,1H3,(H2,14,15,16). The molecule has 3 unspecified atom stereocenters. The van der Waals surface area contributed by atoms with Crippen LogP contribution in [0.4, 0.5) is 4.79 Å². The highest BCUT2D eigenvalue weighted by molar-refractivity contribution is 5.74. The predicted molar refractivity (Wildman–Crippen MR) is 68.5 cm³/mol. The Morgan fingerprint density at radius 2 is 2.22 bits per heavy atom. The van der Waals surface area contributed by atoms with Gasteiger partial charge in [-0.15, -0.1) is 0 Å². The van der Waals surface area contributed by atoms with Crippen molar-refractivity contribution in [2.75, 3.05) is 26.4 Å². The molecule has 2 fully saturated rings. The summed E-state index contributed by atoms with van der Waals surface area (Å²) in [7, 11) is 0. The molecule has 0 aromatic rings. The summed E-state index contributed by atoms with van der Waals surface area (Å²) in [5.41, 5.74) is 0. The minimum absolute atomic E-state index is 0.00483. The Balaban J connectivity index is 1.62. The third-order valence-electron chi connectivity index (χ3n) is 3.65. The highest BCUT2D eigenvalue weighted by atomic mass is 16.6. The van der Waals surface area contributed by atoms with Crippen molar-refractivity contribution >= 4 is 6.03 Å². The lowest BCUT2D eigenvalue weighted by atomic mass is 9.87. The first-order chi connectivity index (χ1) is 8.74. The average molecular weight is 256 g/mol. The Morgan fingerprint density at radius 3 is 2.94 bits per heavy atom. The van der Waals surface area contributed by atoms with Crippen molar-refractivity contribution < 1.29 is 14.3 Å². The van der Waals surface area contributed by atoms with Crippen molar-refractivity contribution in [3.8, 4) is 0 Å². The van der Waals surface area contributed by atoms with E-state index < -0.39 is 0 Å². The van der Waals surface area contributed by atoms with E-state index in [1.807, 2.05) is 0 Å². The monoisotopic (exact) mass is 256 g/mol. The van der Waals surface area contributed by atoms with Gasteiger partial charge in [-0.3, -0.25) is 0 Å². The lowest BCUT2D eigenvalue weighted by Gasteiger charge is -2.28. The first kappa shape index (κ1) is 13.6. The molecule has 2 amide bonds. The summed E-state index contributed by atoms with van der Waals surface area (Å²) in [4.78, 5) is 11.7. The van der Waals surface area contributed by atoms with Gasteiger partial charge in [0.05, 0.1) is 25.9 Å². The van der Waals surface area contributed by atoms with Crippen molar-refractivity contribution in [2.45, 2.75) is 44.8 Å². The van der Waals surface area contributed by atoms with Crippen LogP contribution in [0.2, 0.25) is 0 Å². The third-order valence-corrected chi connectivity index (χ3v) is 3.65. The zero-order valence-electron chi connectivity index (χ0n) is 11.1. The molecule has 0 radical (unpaired) electrons. The fraction of sp³-hybridized carbons (Fsp3) is 0.923. The van der Waals surface area contributed by atoms with E-state index in [1.54, 1.807) is 0 Å². The normalized spacial score (nSPS) is 32.8. The Bertz CT molecular complexity index is 267. The lowest BCUT2D eigenvalue weighted by molar-refractivity contribution is -0.0853. The smallest absolute Gasteiger partial charge is 0.315 e. The molecule has 0 spiro atoms. The van der Waals surface area contributed by atoms with Crippen LogP contribution in [0.5, 0.6) is 0 Å². The molecular weight excluding hydrogens is 232 g/mol. The molecule has 5 nitrogen and oxygen atoms in total. The first-order valence-electron chi connectivity index (χ1n) is 6.97. The van der Waals surface area contributed by atoms with Gasteiger partial charge in [0.25, 0.3) is 0 Å². The molecule has 3 atom stereocenters. The second kappa shape index (κ2) is 6.95. The Hall–Kier alpha value is -0.810. The van der Waals surface area contributed by atoms with E-state index in [0.717, 1.165) is 18.8 Å². The van der Waals surface area contributed by atoms with E-state index in [9.17, 15) is 4.79 Å². The van der Waals surface area contributed by atoms with Gasteiger partial charge >= 0.3 is 6.03 Å². The molecule has 1 aliphatic heterocycles. The van der Waals surface area contributed by atoms with E-state index in [2.05, 4.69) is 17.6 Å². The molecule has 2 aliphatic rings. The van der Waals surface area contributed by atoms with Crippen LogP contribution in [0.15, 0.2) is 0 Å². The summed E-state index contributed by atoms with van der Waals surface area (Å²) in [5.74, 6) is 0.721. The molecule has 2 N–H and O–H groups in total. The van der Waals surface area contributed by atoms with Gasteiger partial charge in [-0.2, -0.15) is 0 Å². The minimum Gasteiger partial charge on any atom is -0.376 e. The van der Waals surface area contributed by atoms with Crippen molar-refractivity contribution in [3.63, 3.8) is 0 Å². The van der Waals surface area contributed by atoms with Gasteiger partial charge in [-0.25, -0.2) is 4.79 Å². The number of nitrogens with one attached hydrogen (secondary N) is 2. The van der Waals surface area contributed by atoms with Crippen LogP contribution >= 0.6 is 0 Å². The number of hydrogen-bond donors (Lipinski definition) is 2. The molecule has 1 saturated heterocycles. The van der Waals surface area contributed by atoms with Crippen LogP contribution in [0.1, 0.15) is 32.6 Å². The molecule has 0 aromatic carbocycles. The number of ether oxygens (including phenoxy) is 2. The van der Waals surface area contributed by atoms with Crippen molar-refractivity contribution in [2.24, 2.45) is 5.92 Å². The first-order valence-corrected chi connectivity index (χ1v) is 6.97. The summed E-state index contributed by atoms with van der Waals surface area (Å²) >= 11 is 0. The quantitative estimate of drug-likeness (QED) is 0.799. The number of amides is 2. The van der Waals surface area contributed by atoms with Gasteiger partial charge < -0.3 is 20.1 Å². The molecule has 2 rings (SSSR count). The van der Waals surface area contributed by atoms with E-state index >= 15 is 0 Å². The maximum absolute atomic E-state index is 11.7. The van der Waals surface area contributed by atoms with Crippen molar-refractivity contribution in [1.29, 1.82) is 0 Å². The maximum Gasteiger partial charge on any atom is 0.315 e. The molecule has 1 saturated carbocycles. The molecule has 0 bridgehead atoms. The summed E-state index contributed by atoms with van der Waals surface area (Å²) in [6.45, 7) is 4.62. The van der Waals surface area contributed by atoms with Crippen LogP contribution in [0, 0.1) is 5.92 Å². The number of urea groups is 1. The van der Waals surface area contributed by atoms with E-state index in [0.29, 0.717) is 32.4 Å². The van der Waals surface area contributed by atoms with E-state index in [4.69, 9.17) is 9.47 Å². The number of carbonyl (C=O) groups is 1. The summed E-state index contributed by atoms with van der Waals surface area (Å²) < 4.78 is 10.7. The highest BCUT2D eigenvalue weighted by Crippen LogP contribution is 2.23. The van der Waals surface area contributed by atoms with Gasteiger partial charge in [0.15, 0.2) is 0 Å². The molecule has 104 valence electrons. The van der Waals surface area contributed by atoms with Gasteiger partial charge in [0.1, 0.15) is 0 Å². The summed E-state index contributed by atoms with van der Waals surface area (Å²) in [6, 6.07) is 0.251. The third kappa shape index (κ3) is 4.46. The van der Waals surface area contributed by atoms with Crippen LogP contribution in [0.3, 0.4) is 0 Å². The maximum atomic E-state index is 11.7. The largest absolute Gasteiger partial charge is 0.376 e. The van der Waals surface area contributed by atoms with Crippen LogP contribution in [-0.2, 0) is 9.47 Å². The SMILES string of the molecule is CC1CCCC(NC(=O)NCC2COCCO2)C1. The van der Waals surface area contributed by atoms with Crippen LogP contribution < -0.4 is 10.6 Å². The molecule has 1 heterocycles. The molecule has 1 aliphatic carbocycles. The Kier molecular flexibility index (Phi) is 5.26. The zero-order chi connectivity index (χ0) is 12.8. The molecular formula is C13H24N2O3. The van der Waals surface area contributed by atoms with Gasteiger partial charge in [-0.1, -0.05) is 19.8 Å². The van der Waals surface area contributed by atoms with Crippen LogP contribution in [-0.4, -0.2) is 44.5 Å². The Morgan fingerprint density at radius 1 is 1.33 bits per heavy atom. The fourth-order valence-electron chi connectivity index (χ4n) is 2.66. The Labute approximate surface area is 109 Å². The molecule has 18 heavy (non-hydrogen) atoms. The highest BCUT2D eigenvalue weighted by Gasteiger charge is 2.21. The zero-order valence-corrected chi connectivity index (χ0v) is 11.1. The lowest BCUT2D eigenvalue weighted by Crippen LogP contribution is -2.47. The minimum atomic E-state index is -0.0803. The van der Waals surface area contributed by atoms with E-state index in [-0.39, 0.29) is 12.1 Å². The molecule has 5 heteroatoms. The number of carbonyl (C=O) groups excluding carboxylic acids is 1. The fourth-order valence-corrected chi connectivity index (χ4v) is 2.66. The second-order valence-electron chi connectivity index (χ2n) is 5.39. The second-order valence-corrected chi connectivity index (χ2v) is 5.39. The van der Waals surface area contributed by atoms with Gasteiger partial charge in [0.2, 0.25) is 0 Å². The van der Waals surface area contributed by atoms with Crippen molar-refractivity contribution in [3.05, 3.63) is 0 Å².